The van der Waals surface area contributed by atoms with Crippen LogP contribution in [0.1, 0.15) is 32.3 Å². The molecule has 1 heterocycles. The lowest BCUT2D eigenvalue weighted by Crippen LogP contribution is -2.33. The zero-order chi connectivity index (χ0) is 18.4. The van der Waals surface area contributed by atoms with Gasteiger partial charge in [-0.05, 0) is 38.8 Å². The molecule has 0 saturated carbocycles. The van der Waals surface area contributed by atoms with Crippen LogP contribution in [0.5, 0.6) is 5.75 Å². The molecule has 1 fully saturated rings. The van der Waals surface area contributed by atoms with Crippen molar-refractivity contribution >= 4 is 29.5 Å². The van der Waals surface area contributed by atoms with E-state index in [1.165, 1.54) is 12.1 Å². The predicted octanol–water partition coefficient (Wildman–Crippen LogP) is 1.63. The van der Waals surface area contributed by atoms with Crippen LogP contribution in [0.25, 0.3) is 0 Å². The molecule has 136 valence electrons. The van der Waals surface area contributed by atoms with Gasteiger partial charge < -0.3 is 21.3 Å². The number of phenols is 1. The average Bonchev–Trinajstić information content (AvgIpc) is 2.55. The number of aliphatic imine (C=N–C) groups is 2. The second-order valence-electron chi connectivity index (χ2n) is 6.26. The minimum absolute atomic E-state index is 0.0660. The molecule has 1 saturated heterocycles. The minimum Gasteiger partial charge on any atom is -0.508 e. The normalized spacial score (nSPS) is 17.5. The summed E-state index contributed by atoms with van der Waals surface area (Å²) in [4.78, 5) is 20.3. The first-order valence-electron chi connectivity index (χ1n) is 8.05. The molecule has 1 aromatic rings. The highest BCUT2D eigenvalue weighted by molar-refractivity contribution is 8.01. The number of carbonyl (C=O) groups excluding carboxylic acids is 1. The summed E-state index contributed by atoms with van der Waals surface area (Å²) in [5, 5.41) is 9.83. The maximum atomic E-state index is 12.5. The Balaban J connectivity index is 2.06. The van der Waals surface area contributed by atoms with Crippen molar-refractivity contribution in [2.24, 2.45) is 21.5 Å². The molecule has 7 nitrogen and oxygen atoms in total. The number of nitrogens with zero attached hydrogens (tertiary/aromatic N) is 2. The highest BCUT2D eigenvalue weighted by Gasteiger charge is 2.32. The van der Waals surface area contributed by atoms with Crippen molar-refractivity contribution < 1.29 is 14.6 Å². The van der Waals surface area contributed by atoms with Crippen LogP contribution >= 0.6 is 11.8 Å². The molecule has 0 atom stereocenters. The fourth-order valence-electron chi connectivity index (χ4n) is 2.38. The van der Waals surface area contributed by atoms with Gasteiger partial charge in [0, 0.05) is 24.0 Å². The van der Waals surface area contributed by atoms with Crippen LogP contribution in [0.2, 0.25) is 0 Å². The molecule has 0 unspecified atom stereocenters. The first-order valence-corrected chi connectivity index (χ1v) is 8.93. The van der Waals surface area contributed by atoms with Crippen molar-refractivity contribution in [1.82, 2.24) is 0 Å². The molecule has 1 aliphatic heterocycles. The Morgan fingerprint density at radius 1 is 1.28 bits per heavy atom. The molecular weight excluding hydrogens is 340 g/mol. The van der Waals surface area contributed by atoms with Gasteiger partial charge >= 0.3 is 0 Å². The van der Waals surface area contributed by atoms with Crippen LogP contribution in [-0.4, -0.2) is 46.0 Å². The smallest absolute Gasteiger partial charge is 0.264 e. The van der Waals surface area contributed by atoms with Crippen LogP contribution in [0.3, 0.4) is 0 Å². The second kappa shape index (κ2) is 8.35. The Morgan fingerprint density at radius 2 is 1.96 bits per heavy atom. The summed E-state index contributed by atoms with van der Waals surface area (Å²) < 4.78 is 4.63. The SMILES string of the molecule is CC(C)(SC1CCOCC1)C(=O)N=C(N)N=C(N)c1cccc(O)c1. The van der Waals surface area contributed by atoms with Crippen LogP contribution in [0.15, 0.2) is 34.3 Å². The van der Waals surface area contributed by atoms with E-state index in [4.69, 9.17) is 16.2 Å². The number of benzene rings is 1. The van der Waals surface area contributed by atoms with Gasteiger partial charge in [-0.1, -0.05) is 12.1 Å². The third-order valence-corrected chi connectivity index (χ3v) is 5.31. The molecule has 0 bridgehead atoms. The molecular formula is C17H24N4O3S. The van der Waals surface area contributed by atoms with E-state index < -0.39 is 4.75 Å². The lowest BCUT2D eigenvalue weighted by Gasteiger charge is -2.29. The largest absolute Gasteiger partial charge is 0.508 e. The molecule has 1 aromatic carbocycles. The van der Waals surface area contributed by atoms with E-state index >= 15 is 0 Å². The van der Waals surface area contributed by atoms with Gasteiger partial charge in [-0.3, -0.25) is 4.79 Å². The molecule has 2 rings (SSSR count). The zero-order valence-corrected chi connectivity index (χ0v) is 15.3. The number of rotatable bonds is 4. The topological polar surface area (TPSA) is 123 Å². The van der Waals surface area contributed by atoms with Gasteiger partial charge in [0.25, 0.3) is 5.91 Å². The number of ether oxygens (including phenoxy) is 1. The molecule has 1 amide bonds. The molecule has 0 radical (unpaired) electrons. The van der Waals surface area contributed by atoms with Gasteiger partial charge in [0.1, 0.15) is 11.6 Å². The molecule has 0 spiro atoms. The minimum atomic E-state index is -0.706. The number of aromatic hydroxyl groups is 1. The number of thioether (sulfide) groups is 1. The highest BCUT2D eigenvalue weighted by Crippen LogP contribution is 2.34. The number of hydrogen-bond acceptors (Lipinski definition) is 4. The van der Waals surface area contributed by atoms with Crippen LogP contribution in [0.4, 0.5) is 0 Å². The molecule has 25 heavy (non-hydrogen) atoms. The van der Waals surface area contributed by atoms with Gasteiger partial charge in [-0.25, -0.2) is 0 Å². The summed E-state index contributed by atoms with van der Waals surface area (Å²) in [5.74, 6) is -0.406. The number of nitrogens with two attached hydrogens (primary N) is 2. The van der Waals surface area contributed by atoms with E-state index in [1.54, 1.807) is 23.9 Å². The zero-order valence-electron chi connectivity index (χ0n) is 14.4. The van der Waals surface area contributed by atoms with E-state index in [2.05, 4.69) is 9.98 Å². The quantitative estimate of drug-likeness (QED) is 0.551. The first-order chi connectivity index (χ1) is 11.8. The number of guanidine groups is 1. The second-order valence-corrected chi connectivity index (χ2v) is 8.19. The number of hydrogen-bond donors (Lipinski definition) is 3. The van der Waals surface area contributed by atoms with Crippen molar-refractivity contribution in [2.75, 3.05) is 13.2 Å². The first kappa shape index (κ1) is 19.3. The van der Waals surface area contributed by atoms with E-state index in [9.17, 15) is 9.90 Å². The maximum Gasteiger partial charge on any atom is 0.264 e. The standard InChI is InChI=1S/C17H24N4O3S/c1-17(2,25-13-6-8-24-9-7-13)15(23)21-16(19)20-14(18)11-4-3-5-12(22)10-11/h3-5,10,13,22H,6-9H2,1-2H3,(H4,18,19,20,21,23). The van der Waals surface area contributed by atoms with Gasteiger partial charge in [-0.2, -0.15) is 9.98 Å². The summed E-state index contributed by atoms with van der Waals surface area (Å²) in [6.07, 6.45) is 1.84. The number of amidine groups is 1. The number of phenolic OH excluding ortho intramolecular Hbond substituents is 1. The third-order valence-electron chi connectivity index (χ3n) is 3.74. The maximum absolute atomic E-state index is 12.5. The summed E-state index contributed by atoms with van der Waals surface area (Å²) in [7, 11) is 0. The number of carbonyl (C=O) groups is 1. The lowest BCUT2D eigenvalue weighted by atomic mass is 10.2. The van der Waals surface area contributed by atoms with Crippen molar-refractivity contribution in [3.05, 3.63) is 29.8 Å². The fraction of sp³-hybridized carbons (Fsp3) is 0.471. The monoisotopic (exact) mass is 364 g/mol. The Morgan fingerprint density at radius 3 is 2.60 bits per heavy atom. The predicted molar refractivity (Wildman–Crippen MR) is 101 cm³/mol. The van der Waals surface area contributed by atoms with Gasteiger partial charge in [0.05, 0.1) is 4.75 Å². The van der Waals surface area contributed by atoms with Gasteiger partial charge in [-0.15, -0.1) is 11.8 Å². The summed E-state index contributed by atoms with van der Waals surface area (Å²) in [6.45, 7) is 5.10. The molecule has 0 aromatic heterocycles. The summed E-state index contributed by atoms with van der Waals surface area (Å²) >= 11 is 1.59. The van der Waals surface area contributed by atoms with E-state index in [-0.39, 0.29) is 23.5 Å². The van der Waals surface area contributed by atoms with Crippen LogP contribution < -0.4 is 11.5 Å². The highest BCUT2D eigenvalue weighted by atomic mass is 32.2. The van der Waals surface area contributed by atoms with Crippen LogP contribution in [0, 0.1) is 0 Å². The molecule has 5 N–H and O–H groups in total. The summed E-state index contributed by atoms with van der Waals surface area (Å²) in [6, 6.07) is 6.30. The Hall–Kier alpha value is -2.06. The average molecular weight is 364 g/mol. The Labute approximate surface area is 151 Å². The Kier molecular flexibility index (Phi) is 6.44. The summed E-state index contributed by atoms with van der Waals surface area (Å²) in [5.41, 5.74) is 12.1. The van der Waals surface area contributed by atoms with E-state index in [0.29, 0.717) is 10.8 Å². The van der Waals surface area contributed by atoms with Crippen LogP contribution in [-0.2, 0) is 9.53 Å². The van der Waals surface area contributed by atoms with Crippen molar-refractivity contribution in [2.45, 2.75) is 36.7 Å². The fourth-order valence-corrected chi connectivity index (χ4v) is 3.79. The third kappa shape index (κ3) is 5.75. The molecule has 1 aliphatic rings. The number of amides is 1. The van der Waals surface area contributed by atoms with Gasteiger partial charge in [0.15, 0.2) is 0 Å². The van der Waals surface area contributed by atoms with E-state index in [0.717, 1.165) is 26.1 Å². The lowest BCUT2D eigenvalue weighted by molar-refractivity contribution is -0.119. The Bertz CT molecular complexity index is 682. The van der Waals surface area contributed by atoms with Gasteiger partial charge in [0.2, 0.25) is 5.96 Å². The van der Waals surface area contributed by atoms with Crippen molar-refractivity contribution in [3.63, 3.8) is 0 Å². The molecule has 8 heteroatoms. The van der Waals surface area contributed by atoms with Crippen molar-refractivity contribution in [1.29, 1.82) is 0 Å². The molecule has 0 aliphatic carbocycles. The van der Waals surface area contributed by atoms with Crippen molar-refractivity contribution in [3.8, 4) is 5.75 Å². The van der Waals surface area contributed by atoms with E-state index in [1.807, 2.05) is 13.8 Å².